The molecule has 0 bridgehead atoms. The van der Waals surface area contributed by atoms with Crippen molar-refractivity contribution < 1.29 is 9.53 Å². The number of aromatic nitrogens is 3. The molecule has 5 rings (SSSR count). The largest absolute Gasteiger partial charge is 0.496 e. The Labute approximate surface area is 203 Å². The summed E-state index contributed by atoms with van der Waals surface area (Å²) < 4.78 is 7.53. The van der Waals surface area contributed by atoms with E-state index in [0.29, 0.717) is 23.3 Å². The fourth-order valence-electron chi connectivity index (χ4n) is 4.93. The number of nitriles is 1. The molecule has 0 unspecified atom stereocenters. The number of ether oxygens (including phenoxy) is 1. The lowest BCUT2D eigenvalue weighted by Crippen LogP contribution is -2.39. The van der Waals surface area contributed by atoms with E-state index in [1.165, 1.54) is 0 Å². The number of hydrogen-bond donors (Lipinski definition) is 3. The van der Waals surface area contributed by atoms with E-state index >= 15 is 0 Å². The second kappa shape index (κ2) is 9.31. The third kappa shape index (κ3) is 4.40. The van der Waals surface area contributed by atoms with Gasteiger partial charge in [0.15, 0.2) is 0 Å². The Bertz CT molecular complexity index is 1450. The van der Waals surface area contributed by atoms with Gasteiger partial charge in [-0.2, -0.15) is 10.4 Å². The molecule has 35 heavy (non-hydrogen) atoms. The molecule has 0 saturated carbocycles. The monoisotopic (exact) mass is 471 g/mol. The van der Waals surface area contributed by atoms with Gasteiger partial charge in [0.05, 0.1) is 31.5 Å². The first-order valence-corrected chi connectivity index (χ1v) is 11.7. The Morgan fingerprint density at radius 2 is 2.23 bits per heavy atom. The van der Waals surface area contributed by atoms with Gasteiger partial charge in [-0.25, -0.2) is 0 Å². The van der Waals surface area contributed by atoms with E-state index in [9.17, 15) is 10.1 Å². The van der Waals surface area contributed by atoms with Crippen molar-refractivity contribution >= 4 is 33.4 Å². The molecule has 1 aliphatic rings. The topological polar surface area (TPSA) is 111 Å². The van der Waals surface area contributed by atoms with Crippen LogP contribution in [0.5, 0.6) is 5.75 Å². The van der Waals surface area contributed by atoms with Crippen LogP contribution in [0.1, 0.15) is 23.1 Å². The van der Waals surface area contributed by atoms with Crippen LogP contribution in [-0.2, 0) is 11.3 Å². The van der Waals surface area contributed by atoms with Crippen molar-refractivity contribution in [2.24, 2.45) is 0 Å². The van der Waals surface area contributed by atoms with Gasteiger partial charge in [-0.05, 0) is 56.8 Å². The Hall–Kier alpha value is -4.03. The first kappa shape index (κ1) is 22.7. The van der Waals surface area contributed by atoms with Crippen LogP contribution in [-0.4, -0.2) is 65.4 Å². The lowest BCUT2D eigenvalue weighted by atomic mass is 10.0. The summed E-state index contributed by atoms with van der Waals surface area (Å²) in [5.41, 5.74) is 4.91. The number of fused-ring (bicyclic) bond motifs is 2. The SMILES string of the molecule is COc1cc(C)c2[nH]ccc2c1Cn1cc2ccc(C#N)c(NCC(=O)N[C@@H]3CCN(C)C3)c2n1. The quantitative estimate of drug-likeness (QED) is 0.382. The maximum atomic E-state index is 12.5. The van der Waals surface area contributed by atoms with Gasteiger partial charge >= 0.3 is 0 Å². The zero-order valence-electron chi connectivity index (χ0n) is 20.2. The van der Waals surface area contributed by atoms with Gasteiger partial charge in [-0.15, -0.1) is 0 Å². The molecule has 4 aromatic rings. The number of aromatic amines is 1. The van der Waals surface area contributed by atoms with E-state index in [-0.39, 0.29) is 18.5 Å². The molecule has 0 spiro atoms. The first-order chi connectivity index (χ1) is 17.0. The van der Waals surface area contributed by atoms with Crippen LogP contribution in [0.4, 0.5) is 5.69 Å². The molecule has 180 valence electrons. The average Bonchev–Trinajstić information content (AvgIpc) is 3.58. The number of H-pyrrole nitrogens is 1. The molecule has 1 atom stereocenters. The van der Waals surface area contributed by atoms with Gasteiger partial charge in [0.1, 0.15) is 17.3 Å². The Kier molecular flexibility index (Phi) is 6.05. The van der Waals surface area contributed by atoms with Gasteiger partial charge in [0.2, 0.25) is 5.91 Å². The van der Waals surface area contributed by atoms with Gasteiger partial charge in [-0.1, -0.05) is 0 Å². The van der Waals surface area contributed by atoms with E-state index in [1.807, 2.05) is 42.3 Å². The van der Waals surface area contributed by atoms with E-state index < -0.39 is 0 Å². The number of nitrogens with one attached hydrogen (secondary N) is 3. The van der Waals surface area contributed by atoms with Crippen LogP contribution in [0.25, 0.3) is 21.8 Å². The van der Waals surface area contributed by atoms with E-state index in [4.69, 9.17) is 9.84 Å². The van der Waals surface area contributed by atoms with Crippen LogP contribution in [0.3, 0.4) is 0 Å². The molecule has 3 heterocycles. The highest BCUT2D eigenvalue weighted by atomic mass is 16.5. The molecule has 1 amide bonds. The summed E-state index contributed by atoms with van der Waals surface area (Å²) in [7, 11) is 3.72. The normalized spacial score (nSPS) is 16.0. The number of likely N-dealkylation sites (N-methyl/N-ethyl adjacent to an activating group) is 1. The van der Waals surface area contributed by atoms with Crippen molar-refractivity contribution in [3.63, 3.8) is 0 Å². The molecule has 1 aliphatic heterocycles. The van der Waals surface area contributed by atoms with Crippen LogP contribution in [0, 0.1) is 18.3 Å². The highest BCUT2D eigenvalue weighted by molar-refractivity contribution is 5.95. The zero-order chi connectivity index (χ0) is 24.5. The predicted molar refractivity (Wildman–Crippen MR) is 136 cm³/mol. The Morgan fingerprint density at radius 3 is 2.97 bits per heavy atom. The second-order valence-corrected chi connectivity index (χ2v) is 9.17. The summed E-state index contributed by atoms with van der Waals surface area (Å²) in [5.74, 6) is 0.712. The van der Waals surface area contributed by atoms with E-state index in [0.717, 1.165) is 52.7 Å². The number of carbonyl (C=O) groups is 1. The predicted octanol–water partition coefficient (Wildman–Crippen LogP) is 2.99. The summed E-state index contributed by atoms with van der Waals surface area (Å²) in [6.07, 6.45) is 4.83. The van der Waals surface area contributed by atoms with E-state index in [2.05, 4.69) is 33.5 Å². The summed E-state index contributed by atoms with van der Waals surface area (Å²) >= 11 is 0. The lowest BCUT2D eigenvalue weighted by molar-refractivity contribution is -0.120. The van der Waals surface area contributed by atoms with Gasteiger partial charge in [0.25, 0.3) is 0 Å². The number of methoxy groups -OCH3 is 1. The minimum Gasteiger partial charge on any atom is -0.496 e. The third-order valence-corrected chi connectivity index (χ3v) is 6.68. The molecular weight excluding hydrogens is 442 g/mol. The van der Waals surface area contributed by atoms with Gasteiger partial charge in [-0.3, -0.25) is 9.48 Å². The summed E-state index contributed by atoms with van der Waals surface area (Å²) in [5, 5.41) is 22.7. The summed E-state index contributed by atoms with van der Waals surface area (Å²) in [4.78, 5) is 18.0. The molecule has 1 fully saturated rings. The number of hydrogen-bond acceptors (Lipinski definition) is 6. The number of aryl methyl sites for hydroxylation is 1. The number of anilines is 1. The highest BCUT2D eigenvalue weighted by Gasteiger charge is 2.21. The fraction of sp³-hybridized carbons (Fsp3) is 0.346. The number of rotatable bonds is 7. The molecule has 3 N–H and O–H groups in total. The first-order valence-electron chi connectivity index (χ1n) is 11.7. The Balaban J connectivity index is 1.42. The molecule has 2 aromatic carbocycles. The van der Waals surface area contributed by atoms with Crippen molar-refractivity contribution in [1.29, 1.82) is 5.26 Å². The van der Waals surface area contributed by atoms with Crippen molar-refractivity contribution in [3.05, 3.63) is 53.3 Å². The van der Waals surface area contributed by atoms with Gasteiger partial charge in [0, 0.05) is 46.8 Å². The molecule has 0 aliphatic carbocycles. The third-order valence-electron chi connectivity index (χ3n) is 6.68. The number of amides is 1. The maximum absolute atomic E-state index is 12.5. The van der Waals surface area contributed by atoms with Crippen LogP contribution < -0.4 is 15.4 Å². The summed E-state index contributed by atoms with van der Waals surface area (Å²) in [6.45, 7) is 4.47. The molecule has 9 heteroatoms. The van der Waals surface area contributed by atoms with Crippen LogP contribution in [0.15, 0.2) is 36.7 Å². The zero-order valence-corrected chi connectivity index (χ0v) is 20.2. The number of benzene rings is 2. The average molecular weight is 472 g/mol. The molecule has 0 radical (unpaired) electrons. The molecule has 2 aromatic heterocycles. The Morgan fingerprint density at radius 1 is 1.37 bits per heavy atom. The van der Waals surface area contributed by atoms with Gasteiger partial charge < -0.3 is 25.3 Å². The van der Waals surface area contributed by atoms with Crippen molar-refractivity contribution in [3.8, 4) is 11.8 Å². The standard InChI is InChI=1S/C26H29N7O2/c1-16-10-22(35-3)21(20-6-8-28-24(16)20)15-33-13-18-5-4-17(11-27)25(26(18)31-33)29-12-23(34)30-19-7-9-32(2)14-19/h4-6,8,10,13,19,28-29H,7,9,12,14-15H2,1-3H3,(H,30,34)/t19-/m1/s1. The second-order valence-electron chi connectivity index (χ2n) is 9.17. The minimum absolute atomic E-state index is 0.0800. The number of carbonyl (C=O) groups excluding carboxylic acids is 1. The highest BCUT2D eigenvalue weighted by Crippen LogP contribution is 2.32. The molecular formula is C26H29N7O2. The van der Waals surface area contributed by atoms with Crippen molar-refractivity contribution in [2.75, 3.05) is 39.1 Å². The lowest BCUT2D eigenvalue weighted by Gasteiger charge is -2.14. The van der Waals surface area contributed by atoms with Crippen molar-refractivity contribution in [1.82, 2.24) is 25.0 Å². The molecule has 9 nitrogen and oxygen atoms in total. The fourth-order valence-corrected chi connectivity index (χ4v) is 4.93. The summed E-state index contributed by atoms with van der Waals surface area (Å²) in [6, 6.07) is 10.1. The number of likely N-dealkylation sites (tertiary alicyclic amines) is 1. The van der Waals surface area contributed by atoms with Crippen LogP contribution >= 0.6 is 0 Å². The minimum atomic E-state index is -0.0927. The molecule has 1 saturated heterocycles. The van der Waals surface area contributed by atoms with Crippen molar-refractivity contribution in [2.45, 2.75) is 25.9 Å². The van der Waals surface area contributed by atoms with E-state index in [1.54, 1.807) is 13.2 Å². The number of nitrogens with zero attached hydrogens (tertiary/aromatic N) is 4. The van der Waals surface area contributed by atoms with Crippen LogP contribution in [0.2, 0.25) is 0 Å². The maximum Gasteiger partial charge on any atom is 0.239 e. The smallest absolute Gasteiger partial charge is 0.239 e.